The molecule has 7 heteroatoms. The van der Waals surface area contributed by atoms with Gasteiger partial charge in [0, 0.05) is 56.3 Å². The molecule has 2 rings (SSSR count). The highest BCUT2D eigenvalue weighted by molar-refractivity contribution is 5.86. The molecular formula is C14H18F2N4O. The first-order chi connectivity index (χ1) is 9.94. The summed E-state index contributed by atoms with van der Waals surface area (Å²) in [7, 11) is 0. The maximum absolute atomic E-state index is 13.2. The van der Waals surface area contributed by atoms with Gasteiger partial charge in [-0.15, -0.1) is 0 Å². The number of rotatable bonds is 4. The van der Waals surface area contributed by atoms with Crippen LogP contribution in [0, 0.1) is 11.6 Å². The normalized spacial score (nSPS) is 17.0. The quantitative estimate of drug-likeness (QED) is 0.789. The minimum absolute atomic E-state index is 0.410. The number of hydrogen-bond acceptors (Lipinski definition) is 4. The number of halogens is 2. The monoisotopic (exact) mass is 296 g/mol. The van der Waals surface area contributed by atoms with Gasteiger partial charge in [-0.3, -0.25) is 9.69 Å². The van der Waals surface area contributed by atoms with Gasteiger partial charge in [0.15, 0.2) is 0 Å². The van der Waals surface area contributed by atoms with Gasteiger partial charge in [0.25, 0.3) is 0 Å². The second-order valence-corrected chi connectivity index (χ2v) is 5.01. The zero-order valence-corrected chi connectivity index (χ0v) is 11.6. The summed E-state index contributed by atoms with van der Waals surface area (Å²) < 4.78 is 26.4. The lowest BCUT2D eigenvalue weighted by Crippen LogP contribution is -2.47. The average molecular weight is 296 g/mol. The smallest absolute Gasteiger partial charge is 0.243 e. The summed E-state index contributed by atoms with van der Waals surface area (Å²) in [5, 5.41) is 0. The molecule has 0 bridgehead atoms. The van der Waals surface area contributed by atoms with E-state index in [1.54, 1.807) is 0 Å². The zero-order valence-electron chi connectivity index (χ0n) is 11.6. The molecule has 21 heavy (non-hydrogen) atoms. The Morgan fingerprint density at radius 1 is 1.10 bits per heavy atom. The fourth-order valence-corrected chi connectivity index (χ4v) is 2.37. The predicted octanol–water partition coefficient (Wildman–Crippen LogP) is 0.415. The van der Waals surface area contributed by atoms with Gasteiger partial charge in [0.2, 0.25) is 5.91 Å². The van der Waals surface area contributed by atoms with E-state index in [1.165, 1.54) is 18.2 Å². The van der Waals surface area contributed by atoms with Crippen molar-refractivity contribution in [3.8, 4) is 0 Å². The van der Waals surface area contributed by atoms with Crippen molar-refractivity contribution in [1.82, 2.24) is 4.90 Å². The molecule has 1 heterocycles. The predicted molar refractivity (Wildman–Crippen MR) is 76.5 cm³/mol. The summed E-state index contributed by atoms with van der Waals surface area (Å²) in [4.78, 5) is 14.7. The summed E-state index contributed by atoms with van der Waals surface area (Å²) in [5.74, 6) is -1.73. The maximum atomic E-state index is 13.2. The molecule has 0 saturated carbocycles. The summed E-state index contributed by atoms with van der Waals surface area (Å²) >= 11 is 0. The largest absolute Gasteiger partial charge is 0.401 e. The first-order valence-corrected chi connectivity index (χ1v) is 6.63. The minimum atomic E-state index is -0.582. The molecule has 0 spiro atoms. The van der Waals surface area contributed by atoms with Crippen LogP contribution in [0.25, 0.3) is 0 Å². The van der Waals surface area contributed by atoms with Crippen LogP contribution in [-0.4, -0.2) is 43.5 Å². The number of nitrogens with zero attached hydrogens (tertiary/aromatic N) is 2. The van der Waals surface area contributed by atoms with E-state index < -0.39 is 17.5 Å². The molecule has 1 aliphatic rings. The van der Waals surface area contributed by atoms with Gasteiger partial charge in [-0.1, -0.05) is 0 Å². The highest BCUT2D eigenvalue weighted by Crippen LogP contribution is 2.19. The summed E-state index contributed by atoms with van der Waals surface area (Å²) in [6, 6.07) is 3.50. The van der Waals surface area contributed by atoms with E-state index in [9.17, 15) is 13.6 Å². The van der Waals surface area contributed by atoms with Crippen molar-refractivity contribution in [2.75, 3.05) is 37.6 Å². The van der Waals surface area contributed by atoms with Crippen LogP contribution in [0.1, 0.15) is 0 Å². The number of anilines is 1. The Kier molecular flexibility index (Phi) is 4.74. The van der Waals surface area contributed by atoms with Crippen LogP contribution in [0.4, 0.5) is 14.5 Å². The molecule has 114 valence electrons. The van der Waals surface area contributed by atoms with E-state index in [-0.39, 0.29) is 0 Å². The third kappa shape index (κ3) is 4.42. The van der Waals surface area contributed by atoms with Crippen LogP contribution in [0.3, 0.4) is 0 Å². The molecule has 1 saturated heterocycles. The Labute approximate surface area is 121 Å². The van der Waals surface area contributed by atoms with Crippen molar-refractivity contribution in [3.63, 3.8) is 0 Å². The number of piperazine rings is 1. The fourth-order valence-electron chi connectivity index (χ4n) is 2.37. The van der Waals surface area contributed by atoms with E-state index in [0.29, 0.717) is 44.1 Å². The van der Waals surface area contributed by atoms with Crippen LogP contribution in [-0.2, 0) is 4.79 Å². The van der Waals surface area contributed by atoms with Gasteiger partial charge in [0.05, 0.1) is 0 Å². The van der Waals surface area contributed by atoms with Crippen molar-refractivity contribution in [2.45, 2.75) is 0 Å². The maximum Gasteiger partial charge on any atom is 0.243 e. The van der Waals surface area contributed by atoms with Crippen molar-refractivity contribution in [1.29, 1.82) is 0 Å². The molecule has 0 radical (unpaired) electrons. The average Bonchev–Trinajstić information content (AvgIpc) is 2.37. The molecule has 1 aliphatic heterocycles. The Bertz CT molecular complexity index is 534. The van der Waals surface area contributed by atoms with Gasteiger partial charge >= 0.3 is 0 Å². The zero-order chi connectivity index (χ0) is 15.4. The van der Waals surface area contributed by atoms with Crippen molar-refractivity contribution >= 4 is 11.6 Å². The first kappa shape index (κ1) is 15.2. The Hall–Kier alpha value is -2.15. The highest BCUT2D eigenvalue weighted by Gasteiger charge is 2.18. The second kappa shape index (κ2) is 6.53. The van der Waals surface area contributed by atoms with Gasteiger partial charge in [-0.2, -0.15) is 0 Å². The van der Waals surface area contributed by atoms with E-state index in [0.717, 1.165) is 6.07 Å². The van der Waals surface area contributed by atoms with Crippen molar-refractivity contribution < 1.29 is 13.6 Å². The molecule has 0 aliphatic carbocycles. The van der Waals surface area contributed by atoms with Gasteiger partial charge in [0.1, 0.15) is 11.6 Å². The number of nitrogens with two attached hydrogens (primary N) is 2. The number of carbonyl (C=O) groups excluding carboxylic acids is 1. The minimum Gasteiger partial charge on any atom is -0.401 e. The lowest BCUT2D eigenvalue weighted by molar-refractivity contribution is -0.113. The number of hydrogen-bond donors (Lipinski definition) is 2. The van der Waals surface area contributed by atoms with Crippen LogP contribution in [0.15, 0.2) is 30.0 Å². The lowest BCUT2D eigenvalue weighted by Gasteiger charge is -2.36. The molecule has 0 unspecified atom stereocenters. The van der Waals surface area contributed by atoms with Gasteiger partial charge in [-0.25, -0.2) is 8.78 Å². The van der Waals surface area contributed by atoms with Gasteiger partial charge < -0.3 is 16.4 Å². The Balaban J connectivity index is 1.92. The number of amides is 1. The number of carbonyl (C=O) groups is 1. The standard InChI is InChI=1S/C14H18F2N4O/c15-10-5-11(16)7-13(6-10)20-3-1-19(2-4-20)9-12(17)8-14(18)21/h5-8H,1-4,9,17H2,(H2,18,21)/b12-8-. The van der Waals surface area contributed by atoms with Crippen LogP contribution in [0.5, 0.6) is 0 Å². The molecule has 1 amide bonds. The van der Waals surface area contributed by atoms with Crippen LogP contribution < -0.4 is 16.4 Å². The van der Waals surface area contributed by atoms with Crippen LogP contribution >= 0.6 is 0 Å². The van der Waals surface area contributed by atoms with Crippen molar-refractivity contribution in [3.05, 3.63) is 41.6 Å². The van der Waals surface area contributed by atoms with Gasteiger partial charge in [-0.05, 0) is 12.1 Å². The summed E-state index contributed by atoms with van der Waals surface area (Å²) in [6.45, 7) is 3.09. The molecule has 1 aromatic carbocycles. The first-order valence-electron chi connectivity index (χ1n) is 6.63. The topological polar surface area (TPSA) is 75.6 Å². The SMILES string of the molecule is NC(=O)/C=C(\N)CN1CCN(c2cc(F)cc(F)c2)CC1. The van der Waals surface area contributed by atoms with Crippen molar-refractivity contribution in [2.24, 2.45) is 11.5 Å². The third-order valence-electron chi connectivity index (χ3n) is 3.32. The number of benzene rings is 1. The Morgan fingerprint density at radius 2 is 1.67 bits per heavy atom. The van der Waals surface area contributed by atoms with E-state index in [4.69, 9.17) is 11.5 Å². The van der Waals surface area contributed by atoms with E-state index in [1.807, 2.05) is 4.90 Å². The fraction of sp³-hybridized carbons (Fsp3) is 0.357. The highest BCUT2D eigenvalue weighted by atomic mass is 19.1. The third-order valence-corrected chi connectivity index (χ3v) is 3.32. The molecule has 0 aromatic heterocycles. The molecular weight excluding hydrogens is 278 g/mol. The molecule has 1 fully saturated rings. The lowest BCUT2D eigenvalue weighted by atomic mass is 10.2. The molecule has 4 N–H and O–H groups in total. The van der Waals surface area contributed by atoms with E-state index in [2.05, 4.69) is 4.90 Å². The van der Waals surface area contributed by atoms with Crippen LogP contribution in [0.2, 0.25) is 0 Å². The Morgan fingerprint density at radius 3 is 2.19 bits per heavy atom. The number of primary amides is 1. The second-order valence-electron chi connectivity index (χ2n) is 5.01. The summed E-state index contributed by atoms with van der Waals surface area (Å²) in [6.07, 6.45) is 1.20. The molecule has 5 nitrogen and oxygen atoms in total. The van der Waals surface area contributed by atoms with E-state index >= 15 is 0 Å². The molecule has 0 atom stereocenters. The summed E-state index contributed by atoms with van der Waals surface area (Å²) in [5.41, 5.74) is 11.7. The molecule has 1 aromatic rings.